The molecule has 1 atom stereocenters. The highest BCUT2D eigenvalue weighted by Crippen LogP contribution is 2.44. The Balaban J connectivity index is 1.50. The summed E-state index contributed by atoms with van der Waals surface area (Å²) in [5.74, 6) is -1.25. The van der Waals surface area contributed by atoms with Crippen LogP contribution in [0.4, 0.5) is 4.79 Å². The van der Waals surface area contributed by atoms with Gasteiger partial charge in [-0.2, -0.15) is 5.10 Å². The molecule has 154 valence electrons. The third kappa shape index (κ3) is 3.54. The fourth-order valence-electron chi connectivity index (χ4n) is 4.10. The van der Waals surface area contributed by atoms with E-state index in [9.17, 15) is 14.7 Å². The molecule has 2 aromatic carbocycles. The van der Waals surface area contributed by atoms with E-state index in [2.05, 4.69) is 22.5 Å². The van der Waals surface area contributed by atoms with Crippen LogP contribution in [0.5, 0.6) is 0 Å². The van der Waals surface area contributed by atoms with Crippen molar-refractivity contribution in [2.45, 2.75) is 25.3 Å². The van der Waals surface area contributed by atoms with Gasteiger partial charge in [0.1, 0.15) is 6.61 Å². The van der Waals surface area contributed by atoms with Gasteiger partial charge in [0.2, 0.25) is 0 Å². The average molecular weight is 405 g/mol. The monoisotopic (exact) mass is 405 g/mol. The molecular weight excluding hydrogens is 382 g/mol. The topological polar surface area (TPSA) is 93.5 Å². The first-order valence-electron chi connectivity index (χ1n) is 9.86. The predicted molar refractivity (Wildman–Crippen MR) is 111 cm³/mol. The third-order valence-corrected chi connectivity index (χ3v) is 5.44. The molecule has 0 spiro atoms. The van der Waals surface area contributed by atoms with Gasteiger partial charge in [0, 0.05) is 24.7 Å². The van der Waals surface area contributed by atoms with Gasteiger partial charge in [-0.05, 0) is 28.7 Å². The highest BCUT2D eigenvalue weighted by molar-refractivity contribution is 5.82. The molecule has 0 saturated carbocycles. The number of aromatic nitrogens is 2. The molecule has 1 aliphatic rings. The maximum absolute atomic E-state index is 12.5. The van der Waals surface area contributed by atoms with E-state index in [1.807, 2.05) is 43.3 Å². The first-order valence-corrected chi connectivity index (χ1v) is 9.86. The Morgan fingerprint density at radius 1 is 1.13 bits per heavy atom. The number of rotatable bonds is 6. The molecule has 1 aromatic heterocycles. The van der Waals surface area contributed by atoms with E-state index in [0.29, 0.717) is 17.7 Å². The molecule has 4 rings (SSSR count). The van der Waals surface area contributed by atoms with Crippen molar-refractivity contribution in [1.29, 1.82) is 0 Å². The number of ether oxygens (including phenoxy) is 1. The van der Waals surface area contributed by atoms with Crippen LogP contribution in [0, 0.1) is 0 Å². The van der Waals surface area contributed by atoms with E-state index in [1.165, 1.54) is 0 Å². The number of amides is 1. The lowest BCUT2D eigenvalue weighted by Gasteiger charge is -2.17. The van der Waals surface area contributed by atoms with E-state index in [1.54, 1.807) is 17.9 Å². The Bertz CT molecular complexity index is 1060. The van der Waals surface area contributed by atoms with E-state index >= 15 is 0 Å². The Morgan fingerprint density at radius 2 is 1.73 bits per heavy atom. The number of alkyl carbamates (subject to hydrolysis) is 1. The molecule has 2 N–H and O–H groups in total. The van der Waals surface area contributed by atoms with Gasteiger partial charge in [0.05, 0.1) is 5.69 Å². The second kappa shape index (κ2) is 8.02. The first-order chi connectivity index (χ1) is 14.5. The highest BCUT2D eigenvalue weighted by Gasteiger charge is 2.31. The molecule has 1 amide bonds. The van der Waals surface area contributed by atoms with Crippen LogP contribution in [-0.4, -0.2) is 33.6 Å². The molecular formula is C23H23N3O4. The Morgan fingerprint density at radius 3 is 2.30 bits per heavy atom. The lowest BCUT2D eigenvalue weighted by atomic mass is 9.98. The number of carbonyl (C=O) groups is 2. The number of carboxylic acid groups (broad SMARTS) is 1. The normalized spacial score (nSPS) is 13.4. The first kappa shape index (κ1) is 19.7. The maximum atomic E-state index is 12.5. The number of carboxylic acids is 1. The minimum Gasteiger partial charge on any atom is -0.479 e. The summed E-state index contributed by atoms with van der Waals surface area (Å²) in [5, 5.41) is 16.4. The molecule has 30 heavy (non-hydrogen) atoms. The minimum absolute atomic E-state index is 0.0870. The van der Waals surface area contributed by atoms with E-state index < -0.39 is 18.1 Å². The summed E-state index contributed by atoms with van der Waals surface area (Å²) >= 11 is 0. The number of carbonyl (C=O) groups excluding carboxylic acids is 1. The summed E-state index contributed by atoms with van der Waals surface area (Å²) in [6.07, 6.45) is 1.41. The van der Waals surface area contributed by atoms with Crippen molar-refractivity contribution in [3.63, 3.8) is 0 Å². The number of nitrogens with zero attached hydrogens (tertiary/aromatic N) is 2. The second-order valence-corrected chi connectivity index (χ2v) is 7.30. The maximum Gasteiger partial charge on any atom is 0.408 e. The standard InChI is InChI=1S/C23H23N3O4/c1-3-20-18(12-26(2)25-20)21(22(27)28)24-23(29)30-13-19-16-10-6-4-8-14(16)15-9-5-7-11-17(15)19/h4-12,19,21H,3,13H2,1-2H3,(H,24,29)(H,27,28). The van der Waals surface area contributed by atoms with Gasteiger partial charge in [-0.3, -0.25) is 4.68 Å². The molecule has 1 aliphatic carbocycles. The van der Waals surface area contributed by atoms with E-state index in [0.717, 1.165) is 22.3 Å². The van der Waals surface area contributed by atoms with Gasteiger partial charge in [0.25, 0.3) is 0 Å². The zero-order valence-electron chi connectivity index (χ0n) is 16.8. The molecule has 0 saturated heterocycles. The van der Waals surface area contributed by atoms with Crippen LogP contribution in [-0.2, 0) is 23.0 Å². The smallest absolute Gasteiger partial charge is 0.408 e. The van der Waals surface area contributed by atoms with Crippen LogP contribution in [0.1, 0.15) is 41.3 Å². The summed E-state index contributed by atoms with van der Waals surface area (Å²) < 4.78 is 7.03. The number of benzene rings is 2. The molecule has 3 aromatic rings. The quantitative estimate of drug-likeness (QED) is 0.653. The molecule has 7 heteroatoms. The summed E-state index contributed by atoms with van der Waals surface area (Å²) in [6, 6.07) is 14.9. The summed E-state index contributed by atoms with van der Waals surface area (Å²) in [5.41, 5.74) is 5.55. The largest absolute Gasteiger partial charge is 0.479 e. The van der Waals surface area contributed by atoms with Crippen LogP contribution >= 0.6 is 0 Å². The van der Waals surface area contributed by atoms with Gasteiger partial charge >= 0.3 is 12.1 Å². The van der Waals surface area contributed by atoms with Crippen LogP contribution < -0.4 is 5.32 Å². The fraction of sp³-hybridized carbons (Fsp3) is 0.261. The molecule has 7 nitrogen and oxygen atoms in total. The van der Waals surface area contributed by atoms with Crippen molar-refractivity contribution in [3.05, 3.63) is 77.1 Å². The molecule has 0 radical (unpaired) electrons. The van der Waals surface area contributed by atoms with Crippen molar-refractivity contribution in [3.8, 4) is 11.1 Å². The number of hydrogen-bond acceptors (Lipinski definition) is 4. The Kier molecular flexibility index (Phi) is 5.27. The molecule has 0 bridgehead atoms. The van der Waals surface area contributed by atoms with Crippen LogP contribution in [0.15, 0.2) is 54.7 Å². The number of aliphatic carboxylic acids is 1. The number of fused-ring (bicyclic) bond motifs is 3. The lowest BCUT2D eigenvalue weighted by Crippen LogP contribution is -2.35. The molecule has 1 heterocycles. The highest BCUT2D eigenvalue weighted by atomic mass is 16.5. The van der Waals surface area contributed by atoms with Gasteiger partial charge in [-0.15, -0.1) is 0 Å². The summed E-state index contributed by atoms with van der Waals surface area (Å²) in [7, 11) is 1.72. The van der Waals surface area contributed by atoms with Crippen molar-refractivity contribution in [2.24, 2.45) is 7.05 Å². The van der Waals surface area contributed by atoms with Crippen LogP contribution in [0.25, 0.3) is 11.1 Å². The van der Waals surface area contributed by atoms with Crippen molar-refractivity contribution in [1.82, 2.24) is 15.1 Å². The van der Waals surface area contributed by atoms with Gasteiger partial charge in [-0.1, -0.05) is 55.5 Å². The number of nitrogens with one attached hydrogen (secondary N) is 1. The van der Waals surface area contributed by atoms with Gasteiger partial charge < -0.3 is 15.2 Å². The summed E-state index contributed by atoms with van der Waals surface area (Å²) in [4.78, 5) is 24.3. The molecule has 0 fully saturated rings. The van der Waals surface area contributed by atoms with E-state index in [-0.39, 0.29) is 12.5 Å². The zero-order valence-corrected chi connectivity index (χ0v) is 16.8. The fourth-order valence-corrected chi connectivity index (χ4v) is 4.10. The van der Waals surface area contributed by atoms with Crippen molar-refractivity contribution in [2.75, 3.05) is 6.61 Å². The van der Waals surface area contributed by atoms with Crippen molar-refractivity contribution >= 4 is 12.1 Å². The van der Waals surface area contributed by atoms with Crippen LogP contribution in [0.2, 0.25) is 0 Å². The second-order valence-electron chi connectivity index (χ2n) is 7.30. The lowest BCUT2D eigenvalue weighted by molar-refractivity contribution is -0.139. The minimum atomic E-state index is -1.22. The number of hydrogen-bond donors (Lipinski definition) is 2. The summed E-state index contributed by atoms with van der Waals surface area (Å²) in [6.45, 7) is 2.01. The van der Waals surface area contributed by atoms with E-state index in [4.69, 9.17) is 4.74 Å². The Hall–Kier alpha value is -3.61. The van der Waals surface area contributed by atoms with Gasteiger partial charge in [-0.25, -0.2) is 9.59 Å². The number of aryl methyl sites for hydroxylation is 2. The van der Waals surface area contributed by atoms with Crippen LogP contribution in [0.3, 0.4) is 0 Å². The predicted octanol–water partition coefficient (Wildman–Crippen LogP) is 3.65. The third-order valence-electron chi connectivity index (χ3n) is 5.44. The molecule has 1 unspecified atom stereocenters. The SMILES string of the molecule is CCc1nn(C)cc1C(NC(=O)OCC1c2ccccc2-c2ccccc21)C(=O)O. The zero-order chi connectivity index (χ0) is 21.3. The van der Waals surface area contributed by atoms with Crippen molar-refractivity contribution < 1.29 is 19.4 Å². The van der Waals surface area contributed by atoms with Gasteiger partial charge in [0.15, 0.2) is 6.04 Å². The molecule has 0 aliphatic heterocycles. The average Bonchev–Trinajstić information content (AvgIpc) is 3.28. The Labute approximate surface area is 174 Å².